The van der Waals surface area contributed by atoms with Crippen molar-refractivity contribution in [3.05, 3.63) is 35.8 Å². The van der Waals surface area contributed by atoms with Crippen molar-refractivity contribution in [2.24, 2.45) is 7.05 Å². The van der Waals surface area contributed by atoms with Crippen molar-refractivity contribution in [1.82, 2.24) is 14.8 Å². The van der Waals surface area contributed by atoms with Gasteiger partial charge in [-0.15, -0.1) is 0 Å². The molecule has 0 bridgehead atoms. The third kappa shape index (κ3) is 2.43. The van der Waals surface area contributed by atoms with Gasteiger partial charge >= 0.3 is 0 Å². The Morgan fingerprint density at radius 3 is 2.75 bits per heavy atom. The van der Waals surface area contributed by atoms with Crippen LogP contribution < -0.4 is 4.72 Å². The SMILES string of the molecule is Cn1cc(C#N)c(NS(=O)(=O)c2cccnc2C#N)n1. The van der Waals surface area contributed by atoms with Gasteiger partial charge in [0.05, 0.1) is 0 Å². The van der Waals surface area contributed by atoms with Crippen molar-refractivity contribution in [3.63, 3.8) is 0 Å². The number of sulfonamides is 1. The molecule has 2 rings (SSSR count). The van der Waals surface area contributed by atoms with E-state index in [0.29, 0.717) is 0 Å². The number of rotatable bonds is 3. The molecule has 0 saturated carbocycles. The molecule has 2 aromatic heterocycles. The predicted octanol–water partition coefficient (Wildman–Crippen LogP) is 0.359. The molecule has 0 aliphatic carbocycles. The van der Waals surface area contributed by atoms with Crippen molar-refractivity contribution in [1.29, 1.82) is 10.5 Å². The third-order valence-corrected chi connectivity index (χ3v) is 3.72. The van der Waals surface area contributed by atoms with Crippen LogP contribution in [0.1, 0.15) is 11.3 Å². The normalized spacial score (nSPS) is 10.6. The van der Waals surface area contributed by atoms with E-state index in [9.17, 15) is 8.42 Å². The average Bonchev–Trinajstić information content (AvgIpc) is 2.77. The summed E-state index contributed by atoms with van der Waals surface area (Å²) in [6.45, 7) is 0. The molecule has 1 N–H and O–H groups in total. The van der Waals surface area contributed by atoms with Crippen LogP contribution in [-0.4, -0.2) is 23.2 Å². The van der Waals surface area contributed by atoms with Crippen molar-refractivity contribution < 1.29 is 8.42 Å². The minimum absolute atomic E-state index is 0.0819. The van der Waals surface area contributed by atoms with Crippen LogP contribution in [0.3, 0.4) is 0 Å². The van der Waals surface area contributed by atoms with Gasteiger partial charge < -0.3 is 0 Å². The summed E-state index contributed by atoms with van der Waals surface area (Å²) in [5.41, 5.74) is -0.145. The van der Waals surface area contributed by atoms with E-state index >= 15 is 0 Å². The summed E-state index contributed by atoms with van der Waals surface area (Å²) in [6.07, 6.45) is 2.70. The molecule has 0 aliphatic rings. The molecule has 0 fully saturated rings. The highest BCUT2D eigenvalue weighted by atomic mass is 32.2. The molecule has 8 nitrogen and oxygen atoms in total. The van der Waals surface area contributed by atoms with E-state index in [1.807, 2.05) is 6.07 Å². The molecule has 0 aliphatic heterocycles. The Balaban J connectivity index is 2.47. The Bertz CT molecular complexity index is 841. The fraction of sp³-hybridized carbons (Fsp3) is 0.0909. The van der Waals surface area contributed by atoms with E-state index in [4.69, 9.17) is 10.5 Å². The van der Waals surface area contributed by atoms with E-state index in [1.165, 1.54) is 29.2 Å². The molecule has 2 aromatic rings. The monoisotopic (exact) mass is 288 g/mol. The van der Waals surface area contributed by atoms with Gasteiger partial charge in [0.25, 0.3) is 10.0 Å². The van der Waals surface area contributed by atoms with Gasteiger partial charge in [-0.2, -0.15) is 15.6 Å². The minimum atomic E-state index is -4.04. The topological polar surface area (TPSA) is 124 Å². The van der Waals surface area contributed by atoms with Crippen molar-refractivity contribution in [2.45, 2.75) is 4.90 Å². The predicted molar refractivity (Wildman–Crippen MR) is 67.7 cm³/mol. The van der Waals surface area contributed by atoms with Crippen LogP contribution in [0.4, 0.5) is 5.82 Å². The quantitative estimate of drug-likeness (QED) is 0.869. The van der Waals surface area contributed by atoms with E-state index < -0.39 is 10.0 Å². The van der Waals surface area contributed by atoms with Gasteiger partial charge in [0, 0.05) is 19.4 Å². The maximum absolute atomic E-state index is 12.2. The number of anilines is 1. The number of nitrogens with one attached hydrogen (secondary N) is 1. The van der Waals surface area contributed by atoms with Crippen LogP contribution in [0.2, 0.25) is 0 Å². The zero-order valence-corrected chi connectivity index (χ0v) is 11.1. The van der Waals surface area contributed by atoms with Gasteiger partial charge in [-0.25, -0.2) is 13.4 Å². The largest absolute Gasteiger partial charge is 0.272 e. The van der Waals surface area contributed by atoms with Crippen LogP contribution >= 0.6 is 0 Å². The smallest absolute Gasteiger partial charge is 0.266 e. The molecule has 0 unspecified atom stereocenters. The highest BCUT2D eigenvalue weighted by molar-refractivity contribution is 7.92. The molecule has 0 spiro atoms. The van der Waals surface area contributed by atoms with E-state index in [0.717, 1.165) is 0 Å². The summed E-state index contributed by atoms with van der Waals surface area (Å²) in [7, 11) is -2.48. The van der Waals surface area contributed by atoms with Gasteiger partial charge in [-0.3, -0.25) is 9.40 Å². The fourth-order valence-electron chi connectivity index (χ4n) is 1.52. The van der Waals surface area contributed by atoms with Crippen LogP contribution in [0.15, 0.2) is 29.4 Å². The molecule has 0 radical (unpaired) electrons. The summed E-state index contributed by atoms with van der Waals surface area (Å²) in [4.78, 5) is 3.42. The lowest BCUT2D eigenvalue weighted by molar-refractivity contribution is 0.600. The van der Waals surface area contributed by atoms with E-state index in [2.05, 4.69) is 14.8 Å². The lowest BCUT2D eigenvalue weighted by Crippen LogP contribution is -2.16. The van der Waals surface area contributed by atoms with Gasteiger partial charge in [-0.1, -0.05) is 0 Å². The van der Waals surface area contributed by atoms with E-state index in [1.54, 1.807) is 13.1 Å². The Labute approximate surface area is 115 Å². The number of hydrogen-bond donors (Lipinski definition) is 1. The Morgan fingerprint density at radius 1 is 1.35 bits per heavy atom. The number of hydrogen-bond acceptors (Lipinski definition) is 6. The highest BCUT2D eigenvalue weighted by Crippen LogP contribution is 2.19. The fourth-order valence-corrected chi connectivity index (χ4v) is 2.65. The van der Waals surface area contributed by atoms with Gasteiger partial charge in [0.15, 0.2) is 11.5 Å². The maximum atomic E-state index is 12.2. The zero-order valence-electron chi connectivity index (χ0n) is 10.3. The zero-order chi connectivity index (χ0) is 14.8. The standard InChI is InChI=1S/C11H8N6O2S/c1-17-7-8(5-12)11(15-17)16-20(18,19)10-3-2-4-14-9(10)6-13/h2-4,7H,1H3,(H,15,16). The number of aryl methyl sites for hydroxylation is 1. The first-order valence-electron chi connectivity index (χ1n) is 5.29. The summed E-state index contributed by atoms with van der Waals surface area (Å²) >= 11 is 0. The van der Waals surface area contributed by atoms with Crippen molar-refractivity contribution in [3.8, 4) is 12.1 Å². The van der Waals surface area contributed by atoms with Crippen molar-refractivity contribution >= 4 is 15.8 Å². The number of nitrogens with zero attached hydrogens (tertiary/aromatic N) is 5. The second-order valence-electron chi connectivity index (χ2n) is 3.74. The molecule has 0 atom stereocenters. The molecule has 20 heavy (non-hydrogen) atoms. The first kappa shape index (κ1) is 13.5. The van der Waals surface area contributed by atoms with Gasteiger partial charge in [-0.05, 0) is 12.1 Å². The second kappa shape index (κ2) is 4.99. The molecule has 0 saturated heterocycles. The van der Waals surface area contributed by atoms with Gasteiger partial charge in [0.2, 0.25) is 0 Å². The molecule has 0 amide bonds. The second-order valence-corrected chi connectivity index (χ2v) is 5.40. The lowest BCUT2D eigenvalue weighted by atomic mass is 10.4. The first-order valence-corrected chi connectivity index (χ1v) is 6.78. The average molecular weight is 288 g/mol. The van der Waals surface area contributed by atoms with Gasteiger partial charge in [0.1, 0.15) is 22.6 Å². The molecule has 0 aromatic carbocycles. The number of pyridine rings is 1. The van der Waals surface area contributed by atoms with Crippen LogP contribution in [-0.2, 0) is 17.1 Å². The molecule has 2 heterocycles. The summed E-state index contributed by atoms with van der Waals surface area (Å²) in [5.74, 6) is -0.0947. The molecule has 9 heteroatoms. The third-order valence-electron chi connectivity index (χ3n) is 2.35. The number of nitriles is 2. The molecular formula is C11H8N6O2S. The van der Waals surface area contributed by atoms with Crippen LogP contribution in [0, 0.1) is 22.7 Å². The number of aromatic nitrogens is 3. The highest BCUT2D eigenvalue weighted by Gasteiger charge is 2.22. The summed E-state index contributed by atoms with van der Waals surface area (Å²) < 4.78 is 27.9. The molecule has 100 valence electrons. The van der Waals surface area contributed by atoms with Crippen molar-refractivity contribution in [2.75, 3.05) is 4.72 Å². The van der Waals surface area contributed by atoms with Crippen LogP contribution in [0.25, 0.3) is 0 Å². The Kier molecular flexibility index (Phi) is 3.37. The first-order chi connectivity index (χ1) is 9.47. The summed E-state index contributed by atoms with van der Waals surface area (Å²) in [6, 6.07) is 6.18. The maximum Gasteiger partial charge on any atom is 0.266 e. The Hall–Kier alpha value is -2.91. The minimum Gasteiger partial charge on any atom is -0.272 e. The lowest BCUT2D eigenvalue weighted by Gasteiger charge is -2.06. The summed E-state index contributed by atoms with van der Waals surface area (Å²) in [5, 5.41) is 21.6. The molecular weight excluding hydrogens is 280 g/mol. The van der Waals surface area contributed by atoms with Crippen LogP contribution in [0.5, 0.6) is 0 Å². The Morgan fingerprint density at radius 2 is 2.10 bits per heavy atom. The van der Waals surface area contributed by atoms with E-state index in [-0.39, 0.29) is 22.0 Å².